The number of aromatic nitrogens is 3. The molecule has 1 amide bonds. The van der Waals surface area contributed by atoms with Crippen LogP contribution in [0.2, 0.25) is 0 Å². The summed E-state index contributed by atoms with van der Waals surface area (Å²) in [4.78, 5) is 21.6. The van der Waals surface area contributed by atoms with E-state index in [1.807, 2.05) is 29.6 Å². The summed E-state index contributed by atoms with van der Waals surface area (Å²) >= 11 is 0. The molecule has 2 aromatic rings. The summed E-state index contributed by atoms with van der Waals surface area (Å²) in [5.74, 6) is 1.57. The molecule has 0 saturated carbocycles. The normalized spacial score (nSPS) is 19.3. The smallest absolute Gasteiger partial charge is 0.259 e. The summed E-state index contributed by atoms with van der Waals surface area (Å²) in [6.07, 6.45) is 3.75. The minimum Gasteiger partial charge on any atom is -0.361 e. The molecule has 1 aliphatic heterocycles. The zero-order valence-corrected chi connectivity index (χ0v) is 14.1. The van der Waals surface area contributed by atoms with Gasteiger partial charge in [0.1, 0.15) is 17.1 Å². The maximum Gasteiger partial charge on any atom is 0.259 e. The third kappa shape index (κ3) is 2.76. The van der Waals surface area contributed by atoms with Crippen molar-refractivity contribution < 1.29 is 9.32 Å². The zero-order chi connectivity index (χ0) is 16.6. The highest BCUT2D eigenvalue weighted by Crippen LogP contribution is 2.26. The fraction of sp³-hybridized carbons (Fsp3) is 0.562. The molecule has 0 unspecified atom stereocenters. The Hall–Kier alpha value is -2.15. The van der Waals surface area contributed by atoms with Gasteiger partial charge in [-0.2, -0.15) is 0 Å². The highest BCUT2D eigenvalue weighted by molar-refractivity contribution is 5.96. The first kappa shape index (κ1) is 15.7. The van der Waals surface area contributed by atoms with E-state index in [2.05, 4.69) is 22.0 Å². The first-order chi connectivity index (χ1) is 11.0. The monoisotopic (exact) mass is 317 g/mol. The van der Waals surface area contributed by atoms with E-state index in [4.69, 9.17) is 4.52 Å². The van der Waals surface area contributed by atoms with E-state index >= 15 is 0 Å². The molecule has 0 aliphatic carbocycles. The number of likely N-dealkylation sites (N-methyl/N-ethyl adjacent to an activating group) is 1. The maximum absolute atomic E-state index is 12.9. The van der Waals surface area contributed by atoms with Crippen LogP contribution >= 0.6 is 0 Å². The second-order valence-corrected chi connectivity index (χ2v) is 5.99. The fourth-order valence-electron chi connectivity index (χ4n) is 3.27. The largest absolute Gasteiger partial charge is 0.361 e. The fourth-order valence-corrected chi connectivity index (χ4v) is 3.27. The van der Waals surface area contributed by atoms with E-state index in [0.29, 0.717) is 30.1 Å². The van der Waals surface area contributed by atoms with Crippen molar-refractivity contribution in [2.24, 2.45) is 7.05 Å². The summed E-state index contributed by atoms with van der Waals surface area (Å²) in [6.45, 7) is 8.84. The molecule has 0 N–H and O–H groups in total. The summed E-state index contributed by atoms with van der Waals surface area (Å²) < 4.78 is 7.17. The predicted octanol–water partition coefficient (Wildman–Crippen LogP) is 1.54. The molecule has 1 atom stereocenters. The quantitative estimate of drug-likeness (QED) is 0.859. The summed E-state index contributed by atoms with van der Waals surface area (Å²) in [5, 5.41) is 3.90. The molecule has 0 bridgehead atoms. The molecule has 1 aliphatic rings. The molecule has 23 heavy (non-hydrogen) atoms. The third-order valence-corrected chi connectivity index (χ3v) is 4.59. The predicted molar refractivity (Wildman–Crippen MR) is 85.1 cm³/mol. The lowest BCUT2D eigenvalue weighted by atomic mass is 10.1. The van der Waals surface area contributed by atoms with Crippen molar-refractivity contribution in [1.82, 2.24) is 24.5 Å². The molecular formula is C16H23N5O2. The summed E-state index contributed by atoms with van der Waals surface area (Å²) in [7, 11) is 1.99. The van der Waals surface area contributed by atoms with Crippen LogP contribution in [-0.2, 0) is 7.05 Å². The second kappa shape index (κ2) is 6.16. The Balaban J connectivity index is 1.86. The van der Waals surface area contributed by atoms with Gasteiger partial charge in [-0.3, -0.25) is 9.69 Å². The van der Waals surface area contributed by atoms with Gasteiger partial charge in [0.2, 0.25) is 0 Å². The molecule has 3 heterocycles. The van der Waals surface area contributed by atoms with Crippen molar-refractivity contribution in [2.45, 2.75) is 26.8 Å². The number of rotatable bonds is 3. The number of piperazine rings is 1. The average Bonchev–Trinajstić information content (AvgIpc) is 3.11. The molecule has 7 heteroatoms. The highest BCUT2D eigenvalue weighted by atomic mass is 16.5. The average molecular weight is 317 g/mol. The molecule has 124 valence electrons. The minimum absolute atomic E-state index is 0.00351. The Morgan fingerprint density at radius 1 is 1.39 bits per heavy atom. The molecule has 7 nitrogen and oxygen atoms in total. The highest BCUT2D eigenvalue weighted by Gasteiger charge is 2.34. The van der Waals surface area contributed by atoms with Crippen molar-refractivity contribution in [1.29, 1.82) is 0 Å². The zero-order valence-electron chi connectivity index (χ0n) is 14.1. The molecule has 3 rings (SSSR count). The SMILES string of the molecule is CCN1CCN(C(=O)c2c(C)noc2C)C[C@@H]1c1nccn1C. The number of nitrogens with zero attached hydrogens (tertiary/aromatic N) is 5. The van der Waals surface area contributed by atoms with E-state index in [1.165, 1.54) is 0 Å². The van der Waals surface area contributed by atoms with Crippen LogP contribution in [0.25, 0.3) is 0 Å². The van der Waals surface area contributed by atoms with Gasteiger partial charge in [0, 0.05) is 39.1 Å². The number of carbonyl (C=O) groups excluding carboxylic acids is 1. The van der Waals surface area contributed by atoms with Crippen LogP contribution in [-0.4, -0.2) is 56.6 Å². The van der Waals surface area contributed by atoms with E-state index in [-0.39, 0.29) is 11.9 Å². The van der Waals surface area contributed by atoms with Crippen molar-refractivity contribution in [3.63, 3.8) is 0 Å². The molecule has 0 radical (unpaired) electrons. The number of amides is 1. The van der Waals surface area contributed by atoms with Gasteiger partial charge in [0.05, 0.1) is 11.7 Å². The standard InChI is InChI=1S/C16H23N5O2/c1-5-20-8-9-21(10-13(20)15-17-6-7-19(15)4)16(22)14-11(2)18-23-12(14)3/h6-7,13H,5,8-10H2,1-4H3/t13-/m1/s1. The van der Waals surface area contributed by atoms with Gasteiger partial charge >= 0.3 is 0 Å². The molecular weight excluding hydrogens is 294 g/mol. The number of imidazole rings is 1. The topological polar surface area (TPSA) is 67.4 Å². The van der Waals surface area contributed by atoms with E-state index in [0.717, 1.165) is 18.9 Å². The first-order valence-corrected chi connectivity index (χ1v) is 7.96. The van der Waals surface area contributed by atoms with Crippen LogP contribution in [0.15, 0.2) is 16.9 Å². The van der Waals surface area contributed by atoms with Crippen LogP contribution in [0.3, 0.4) is 0 Å². The van der Waals surface area contributed by atoms with Crippen LogP contribution in [0.1, 0.15) is 40.6 Å². The first-order valence-electron chi connectivity index (χ1n) is 7.96. The second-order valence-electron chi connectivity index (χ2n) is 5.99. The minimum atomic E-state index is -0.00351. The van der Waals surface area contributed by atoms with Crippen molar-refractivity contribution in [2.75, 3.05) is 26.2 Å². The van der Waals surface area contributed by atoms with Crippen LogP contribution in [0.5, 0.6) is 0 Å². The Kier molecular flexibility index (Phi) is 4.21. The molecule has 1 saturated heterocycles. The van der Waals surface area contributed by atoms with Gasteiger partial charge in [-0.25, -0.2) is 4.98 Å². The van der Waals surface area contributed by atoms with E-state index in [1.54, 1.807) is 13.1 Å². The molecule has 0 spiro atoms. The Morgan fingerprint density at radius 2 is 2.17 bits per heavy atom. The molecule has 2 aromatic heterocycles. The van der Waals surface area contributed by atoms with Gasteiger partial charge in [0.15, 0.2) is 0 Å². The number of carbonyl (C=O) groups is 1. The van der Waals surface area contributed by atoms with E-state index < -0.39 is 0 Å². The van der Waals surface area contributed by atoms with Gasteiger partial charge in [-0.05, 0) is 20.4 Å². The van der Waals surface area contributed by atoms with Crippen LogP contribution in [0.4, 0.5) is 0 Å². The van der Waals surface area contributed by atoms with Crippen LogP contribution < -0.4 is 0 Å². The van der Waals surface area contributed by atoms with E-state index in [9.17, 15) is 4.79 Å². The van der Waals surface area contributed by atoms with Gasteiger partial charge in [-0.1, -0.05) is 12.1 Å². The number of aryl methyl sites for hydroxylation is 3. The van der Waals surface area contributed by atoms with Gasteiger partial charge in [0.25, 0.3) is 5.91 Å². The maximum atomic E-state index is 12.9. The van der Waals surface area contributed by atoms with Crippen molar-refractivity contribution in [3.05, 3.63) is 35.2 Å². The van der Waals surface area contributed by atoms with Crippen molar-refractivity contribution in [3.8, 4) is 0 Å². The van der Waals surface area contributed by atoms with Crippen LogP contribution in [0, 0.1) is 13.8 Å². The van der Waals surface area contributed by atoms with Gasteiger partial charge < -0.3 is 14.0 Å². The lowest BCUT2D eigenvalue weighted by molar-refractivity contribution is 0.0471. The number of hydrogen-bond donors (Lipinski definition) is 0. The lowest BCUT2D eigenvalue weighted by Gasteiger charge is -2.40. The third-order valence-electron chi connectivity index (χ3n) is 4.59. The van der Waals surface area contributed by atoms with Crippen molar-refractivity contribution >= 4 is 5.91 Å². The van der Waals surface area contributed by atoms with Gasteiger partial charge in [-0.15, -0.1) is 0 Å². The lowest BCUT2D eigenvalue weighted by Crippen LogP contribution is -2.51. The Bertz CT molecular complexity index is 686. The molecule has 1 fully saturated rings. The Morgan fingerprint density at radius 3 is 2.74 bits per heavy atom. The molecule has 0 aromatic carbocycles. The number of hydrogen-bond acceptors (Lipinski definition) is 5. The summed E-state index contributed by atoms with van der Waals surface area (Å²) in [5.41, 5.74) is 1.24. The summed E-state index contributed by atoms with van der Waals surface area (Å²) in [6, 6.07) is 0.109. The Labute approximate surface area is 135 Å².